The maximum atomic E-state index is 13.4. The van der Waals surface area contributed by atoms with E-state index in [0.29, 0.717) is 10.6 Å². The summed E-state index contributed by atoms with van der Waals surface area (Å²) in [6.07, 6.45) is -0.160. The van der Waals surface area contributed by atoms with E-state index in [2.05, 4.69) is 10.3 Å². The molecule has 1 aromatic carbocycles. The van der Waals surface area contributed by atoms with Gasteiger partial charge in [0.1, 0.15) is 5.82 Å². The molecule has 0 saturated carbocycles. The molecule has 10 nitrogen and oxygen atoms in total. The molecule has 0 radical (unpaired) electrons. The van der Waals surface area contributed by atoms with E-state index >= 15 is 0 Å². The first kappa shape index (κ1) is 26.1. The van der Waals surface area contributed by atoms with Gasteiger partial charge < -0.3 is 20.7 Å². The molecular formula is C22H30ClN5O5. The van der Waals surface area contributed by atoms with E-state index in [0.717, 1.165) is 0 Å². The molecule has 2 aromatic rings. The highest BCUT2D eigenvalue weighted by atomic mass is 35.5. The Hall–Kier alpha value is -3.11. The molecule has 0 aliphatic heterocycles. The molecule has 1 aromatic heterocycles. The molecule has 180 valence electrons. The number of hydrogen-bond donors (Lipinski definition) is 3. The van der Waals surface area contributed by atoms with Gasteiger partial charge in [-0.2, -0.15) is 0 Å². The normalized spacial score (nSPS) is 11.9. The molecule has 4 N–H and O–H groups in total. The summed E-state index contributed by atoms with van der Waals surface area (Å²) in [6.45, 7) is 5.56. The minimum absolute atomic E-state index is 0.0237. The molecule has 1 atom stereocenters. The Labute approximate surface area is 196 Å². The summed E-state index contributed by atoms with van der Waals surface area (Å²) in [5, 5.41) is 3.27. The molecule has 0 bridgehead atoms. The molecule has 33 heavy (non-hydrogen) atoms. The van der Waals surface area contributed by atoms with Gasteiger partial charge in [0.15, 0.2) is 5.69 Å². The van der Waals surface area contributed by atoms with Crippen LogP contribution < -0.4 is 27.2 Å². The zero-order valence-corrected chi connectivity index (χ0v) is 19.9. The number of nitrogen functional groups attached to an aromatic ring is 1. The van der Waals surface area contributed by atoms with Crippen LogP contribution in [-0.2, 0) is 20.9 Å². The summed E-state index contributed by atoms with van der Waals surface area (Å²) in [6, 6.07) is 6.06. The van der Waals surface area contributed by atoms with E-state index in [1.54, 1.807) is 24.3 Å². The number of amides is 2. The monoisotopic (exact) mass is 479 g/mol. The maximum Gasteiger partial charge on any atom is 0.330 e. The highest BCUT2D eigenvalue weighted by Crippen LogP contribution is 2.24. The number of ether oxygens (including phenoxy) is 1. The lowest BCUT2D eigenvalue weighted by atomic mass is 10.0. The number of rotatable bonds is 10. The fourth-order valence-electron chi connectivity index (χ4n) is 3.41. The van der Waals surface area contributed by atoms with Crippen LogP contribution in [0.4, 0.5) is 11.5 Å². The second-order valence-electron chi connectivity index (χ2n) is 8.04. The number of nitrogens with two attached hydrogens (primary N) is 1. The number of hydrogen-bond acceptors (Lipinski definition) is 6. The lowest BCUT2D eigenvalue weighted by Crippen LogP contribution is -2.44. The molecule has 0 aliphatic carbocycles. The number of anilines is 2. The topological polar surface area (TPSA) is 140 Å². The van der Waals surface area contributed by atoms with Crippen LogP contribution in [0.2, 0.25) is 5.02 Å². The van der Waals surface area contributed by atoms with Gasteiger partial charge >= 0.3 is 5.69 Å². The van der Waals surface area contributed by atoms with Crippen molar-refractivity contribution >= 4 is 34.9 Å². The summed E-state index contributed by atoms with van der Waals surface area (Å²) < 4.78 is 6.34. The Balaban J connectivity index is 2.49. The highest BCUT2D eigenvalue weighted by molar-refractivity contribution is 6.30. The van der Waals surface area contributed by atoms with Crippen molar-refractivity contribution in [1.29, 1.82) is 0 Å². The van der Waals surface area contributed by atoms with Crippen LogP contribution in [0.1, 0.15) is 38.8 Å². The van der Waals surface area contributed by atoms with Crippen molar-refractivity contribution in [2.75, 3.05) is 30.9 Å². The average Bonchev–Trinajstić information content (AvgIpc) is 2.72. The number of halogens is 1. The van der Waals surface area contributed by atoms with E-state index < -0.39 is 23.2 Å². The van der Waals surface area contributed by atoms with Gasteiger partial charge in [0, 0.05) is 32.1 Å². The molecule has 0 saturated heterocycles. The van der Waals surface area contributed by atoms with Gasteiger partial charge in [-0.15, -0.1) is 0 Å². The number of aromatic nitrogens is 2. The van der Waals surface area contributed by atoms with Crippen LogP contribution in [0, 0.1) is 5.92 Å². The van der Waals surface area contributed by atoms with Gasteiger partial charge in [0.25, 0.3) is 5.56 Å². The van der Waals surface area contributed by atoms with Crippen LogP contribution in [0.3, 0.4) is 0 Å². The highest BCUT2D eigenvalue weighted by Gasteiger charge is 2.27. The van der Waals surface area contributed by atoms with Crippen molar-refractivity contribution in [3.05, 3.63) is 55.7 Å². The third-order valence-electron chi connectivity index (χ3n) is 4.88. The van der Waals surface area contributed by atoms with Gasteiger partial charge in [-0.3, -0.25) is 23.9 Å². The summed E-state index contributed by atoms with van der Waals surface area (Å²) in [5.74, 6) is -0.841. The summed E-state index contributed by atoms with van der Waals surface area (Å²) in [7, 11) is 1.46. The largest absolute Gasteiger partial charge is 0.383 e. The molecule has 1 heterocycles. The molecule has 0 spiro atoms. The number of benzene rings is 1. The van der Waals surface area contributed by atoms with Gasteiger partial charge in [-0.25, -0.2) is 4.79 Å². The van der Waals surface area contributed by atoms with E-state index in [1.165, 1.54) is 23.5 Å². The smallest absolute Gasteiger partial charge is 0.330 e. The summed E-state index contributed by atoms with van der Waals surface area (Å²) in [4.78, 5) is 53.6. The third-order valence-corrected chi connectivity index (χ3v) is 5.13. The molecule has 2 rings (SSSR count). The lowest BCUT2D eigenvalue weighted by Gasteiger charge is -2.27. The fourth-order valence-corrected chi connectivity index (χ4v) is 3.53. The Morgan fingerprint density at radius 1 is 1.24 bits per heavy atom. The SMILES string of the molecule is COCCN(C(=O)CC(NC(C)=O)c1ccc(Cl)cc1)c1c(N)n(CC(C)C)c(=O)[nH]c1=O. The van der Waals surface area contributed by atoms with Crippen LogP contribution in [-0.4, -0.2) is 41.6 Å². The maximum absolute atomic E-state index is 13.4. The minimum atomic E-state index is -0.774. The predicted molar refractivity (Wildman–Crippen MR) is 127 cm³/mol. The molecule has 1 unspecified atom stereocenters. The third kappa shape index (κ3) is 6.93. The first-order valence-corrected chi connectivity index (χ1v) is 10.9. The predicted octanol–water partition coefficient (Wildman–Crippen LogP) is 1.68. The standard InChI is InChI=1S/C22H30ClN5O5/c1-13(2)12-28-20(24)19(21(31)26-22(28)32)27(9-10-33-4)18(30)11-17(25-14(3)29)15-5-7-16(23)8-6-15/h5-8,13,17H,9-12,24H2,1-4H3,(H,25,29)(H,26,31,32). The van der Waals surface area contributed by atoms with Gasteiger partial charge in [-0.05, 0) is 23.6 Å². The average molecular weight is 480 g/mol. The molecule has 0 aliphatic rings. The van der Waals surface area contributed by atoms with Crippen molar-refractivity contribution in [2.24, 2.45) is 5.92 Å². The first-order chi connectivity index (χ1) is 15.5. The van der Waals surface area contributed by atoms with Crippen molar-refractivity contribution in [1.82, 2.24) is 14.9 Å². The Kier molecular flexibility index (Phi) is 9.24. The van der Waals surface area contributed by atoms with Crippen molar-refractivity contribution in [3.8, 4) is 0 Å². The fraction of sp³-hybridized carbons (Fsp3) is 0.455. The number of carbonyl (C=O) groups excluding carboxylic acids is 2. The van der Waals surface area contributed by atoms with Crippen LogP contribution in [0.25, 0.3) is 0 Å². The second kappa shape index (κ2) is 11.7. The summed E-state index contributed by atoms with van der Waals surface area (Å²) >= 11 is 5.96. The number of nitrogens with zero attached hydrogens (tertiary/aromatic N) is 2. The second-order valence-corrected chi connectivity index (χ2v) is 8.48. The number of aromatic amines is 1. The first-order valence-electron chi connectivity index (χ1n) is 10.5. The van der Waals surface area contributed by atoms with Crippen LogP contribution in [0.15, 0.2) is 33.9 Å². The lowest BCUT2D eigenvalue weighted by molar-refractivity contribution is -0.121. The Morgan fingerprint density at radius 3 is 2.42 bits per heavy atom. The number of nitrogens with one attached hydrogen (secondary N) is 2. The Morgan fingerprint density at radius 2 is 1.88 bits per heavy atom. The van der Waals surface area contributed by atoms with Gasteiger partial charge in [0.05, 0.1) is 19.1 Å². The van der Waals surface area contributed by atoms with E-state index in [9.17, 15) is 19.2 Å². The van der Waals surface area contributed by atoms with Crippen molar-refractivity contribution in [3.63, 3.8) is 0 Å². The van der Waals surface area contributed by atoms with Crippen LogP contribution >= 0.6 is 11.6 Å². The molecular weight excluding hydrogens is 450 g/mol. The van der Waals surface area contributed by atoms with Crippen molar-refractivity contribution < 1.29 is 14.3 Å². The quantitative estimate of drug-likeness (QED) is 0.473. The zero-order valence-electron chi connectivity index (χ0n) is 19.2. The molecule has 2 amide bonds. The molecule has 0 fully saturated rings. The molecule has 11 heteroatoms. The van der Waals surface area contributed by atoms with E-state index in [4.69, 9.17) is 22.1 Å². The Bertz CT molecular complexity index is 1090. The van der Waals surface area contributed by atoms with Crippen LogP contribution in [0.5, 0.6) is 0 Å². The number of carbonyl (C=O) groups is 2. The minimum Gasteiger partial charge on any atom is -0.383 e. The summed E-state index contributed by atoms with van der Waals surface area (Å²) in [5.41, 5.74) is 5.32. The zero-order chi connectivity index (χ0) is 24.7. The van der Waals surface area contributed by atoms with Crippen molar-refractivity contribution in [2.45, 2.75) is 39.8 Å². The number of methoxy groups -OCH3 is 1. The van der Waals surface area contributed by atoms with Gasteiger partial charge in [-0.1, -0.05) is 37.6 Å². The van der Waals surface area contributed by atoms with E-state index in [1.807, 2.05) is 13.8 Å². The number of H-pyrrole nitrogens is 1. The van der Waals surface area contributed by atoms with Gasteiger partial charge in [0.2, 0.25) is 11.8 Å². The van der Waals surface area contributed by atoms with E-state index in [-0.39, 0.29) is 49.4 Å².